The van der Waals surface area contributed by atoms with E-state index in [0.29, 0.717) is 12.3 Å². The summed E-state index contributed by atoms with van der Waals surface area (Å²) in [6.07, 6.45) is 10.1. The van der Waals surface area contributed by atoms with Gasteiger partial charge in [0.15, 0.2) is 5.78 Å². The number of terminal acetylenes is 1. The summed E-state index contributed by atoms with van der Waals surface area (Å²) in [7, 11) is 0. The molecular weight excluding hydrogens is 256 g/mol. The van der Waals surface area contributed by atoms with Crippen LogP contribution in [-0.2, 0) is 0 Å². The molecular formula is C20H24O. The topological polar surface area (TPSA) is 17.1 Å². The molecule has 0 heterocycles. The average molecular weight is 280 g/mol. The van der Waals surface area contributed by atoms with Gasteiger partial charge in [-0.3, -0.25) is 4.79 Å². The fraction of sp³-hybridized carbons (Fsp3) is 0.550. The summed E-state index contributed by atoms with van der Waals surface area (Å²) in [5.41, 5.74) is 0.629. The average Bonchev–Trinajstić information content (AvgIpc) is 2.94. The van der Waals surface area contributed by atoms with Crippen LogP contribution in [0.2, 0.25) is 0 Å². The van der Waals surface area contributed by atoms with Crippen molar-refractivity contribution in [3.05, 3.63) is 35.9 Å². The van der Waals surface area contributed by atoms with Crippen LogP contribution in [0, 0.1) is 34.5 Å². The second-order valence-electron chi connectivity index (χ2n) is 7.74. The molecule has 3 unspecified atom stereocenters. The van der Waals surface area contributed by atoms with E-state index >= 15 is 0 Å². The zero-order chi connectivity index (χ0) is 15.3. The zero-order valence-electron chi connectivity index (χ0n) is 13.3. The van der Waals surface area contributed by atoms with E-state index in [-0.39, 0.29) is 22.0 Å². The number of hydrogen-bond acceptors (Lipinski definition) is 1. The minimum Gasteiger partial charge on any atom is -0.294 e. The number of benzene rings is 1. The molecule has 0 amide bonds. The predicted octanol–water partition coefficient (Wildman–Crippen LogP) is 4.73. The van der Waals surface area contributed by atoms with Gasteiger partial charge in [-0.2, -0.15) is 0 Å². The largest absolute Gasteiger partial charge is 0.294 e. The summed E-state index contributed by atoms with van der Waals surface area (Å²) in [5.74, 6) is 3.96. The third-order valence-electron chi connectivity index (χ3n) is 6.66. The molecule has 0 aromatic heterocycles. The minimum absolute atomic E-state index is 0.0409. The first-order valence-electron chi connectivity index (χ1n) is 7.92. The molecule has 1 nitrogen and oxygen atoms in total. The quantitative estimate of drug-likeness (QED) is 0.578. The van der Waals surface area contributed by atoms with Gasteiger partial charge in [0.25, 0.3) is 0 Å². The van der Waals surface area contributed by atoms with Gasteiger partial charge in [-0.15, -0.1) is 6.42 Å². The van der Waals surface area contributed by atoms with E-state index in [9.17, 15) is 4.79 Å². The molecule has 2 saturated carbocycles. The Labute approximate surface area is 128 Å². The van der Waals surface area contributed by atoms with Crippen LogP contribution in [0.1, 0.15) is 56.8 Å². The molecule has 1 aromatic rings. The Morgan fingerprint density at radius 1 is 1.29 bits per heavy atom. The van der Waals surface area contributed by atoms with E-state index in [1.165, 1.54) is 12.8 Å². The minimum atomic E-state index is -0.310. The summed E-state index contributed by atoms with van der Waals surface area (Å²) >= 11 is 0. The first kappa shape index (κ1) is 14.4. The Morgan fingerprint density at radius 3 is 2.48 bits per heavy atom. The van der Waals surface area contributed by atoms with Crippen LogP contribution < -0.4 is 0 Å². The van der Waals surface area contributed by atoms with Gasteiger partial charge in [-0.1, -0.05) is 57.0 Å². The number of fused-ring (bicyclic) bond motifs is 2. The van der Waals surface area contributed by atoms with E-state index < -0.39 is 0 Å². The van der Waals surface area contributed by atoms with Crippen molar-refractivity contribution >= 4 is 5.78 Å². The normalized spacial score (nSPS) is 36.4. The molecule has 110 valence electrons. The highest BCUT2D eigenvalue weighted by Gasteiger charge is 2.68. The SMILES string of the molecule is C#CC1(CC(=O)c2ccccc2)C2(C)CCC(C2)C1(C)C. The molecule has 2 aliphatic carbocycles. The van der Waals surface area contributed by atoms with Crippen molar-refractivity contribution in [2.24, 2.45) is 22.2 Å². The number of carbonyl (C=O) groups is 1. The molecule has 1 heteroatoms. The van der Waals surface area contributed by atoms with E-state index in [4.69, 9.17) is 6.42 Å². The van der Waals surface area contributed by atoms with Gasteiger partial charge >= 0.3 is 0 Å². The lowest BCUT2D eigenvalue weighted by Crippen LogP contribution is -2.48. The zero-order valence-corrected chi connectivity index (χ0v) is 13.3. The van der Waals surface area contributed by atoms with Crippen molar-refractivity contribution < 1.29 is 4.79 Å². The molecule has 1 aromatic carbocycles. The lowest BCUT2D eigenvalue weighted by molar-refractivity contribution is 0.00417. The van der Waals surface area contributed by atoms with Crippen LogP contribution in [0.25, 0.3) is 0 Å². The molecule has 0 N–H and O–H groups in total. The smallest absolute Gasteiger partial charge is 0.164 e. The molecule has 0 radical (unpaired) electrons. The highest BCUT2D eigenvalue weighted by atomic mass is 16.1. The van der Waals surface area contributed by atoms with E-state index in [2.05, 4.69) is 26.7 Å². The predicted molar refractivity (Wildman–Crippen MR) is 85.9 cm³/mol. The van der Waals surface area contributed by atoms with Crippen LogP contribution in [0.4, 0.5) is 0 Å². The van der Waals surface area contributed by atoms with E-state index in [1.54, 1.807) is 0 Å². The highest BCUT2D eigenvalue weighted by molar-refractivity contribution is 5.97. The first-order chi connectivity index (χ1) is 9.86. The Kier molecular flexibility index (Phi) is 3.06. The lowest BCUT2D eigenvalue weighted by Gasteiger charge is -2.51. The third-order valence-corrected chi connectivity index (χ3v) is 6.66. The van der Waals surface area contributed by atoms with Crippen LogP contribution >= 0.6 is 0 Å². The fourth-order valence-electron chi connectivity index (χ4n) is 5.19. The summed E-state index contributed by atoms with van der Waals surface area (Å²) in [4.78, 5) is 12.8. The maximum atomic E-state index is 12.8. The molecule has 0 saturated heterocycles. The standard InChI is InChI=1S/C20H24O/c1-5-20(14-17(21)15-9-7-6-8-10-15)18(2,3)16-11-12-19(20,4)13-16/h1,6-10,16H,11-14H2,2-4H3. The monoisotopic (exact) mass is 280 g/mol. The first-order valence-corrected chi connectivity index (χ1v) is 7.92. The summed E-state index contributed by atoms with van der Waals surface area (Å²) in [6.45, 7) is 6.86. The van der Waals surface area contributed by atoms with Crippen LogP contribution in [0.15, 0.2) is 30.3 Å². The Bertz CT molecular complexity index is 600. The number of ketones is 1. The Morgan fingerprint density at radius 2 is 1.95 bits per heavy atom. The number of hydrogen-bond donors (Lipinski definition) is 0. The third kappa shape index (κ3) is 1.75. The van der Waals surface area contributed by atoms with Crippen LogP contribution in [-0.4, -0.2) is 5.78 Å². The maximum Gasteiger partial charge on any atom is 0.164 e. The maximum absolute atomic E-state index is 12.8. The van der Waals surface area contributed by atoms with Crippen LogP contribution in [0.5, 0.6) is 0 Å². The number of Topliss-reactive ketones (excluding diaryl/α,β-unsaturated/α-hetero) is 1. The van der Waals surface area contributed by atoms with Gasteiger partial charge in [0.05, 0.1) is 0 Å². The molecule has 3 rings (SSSR count). The molecule has 21 heavy (non-hydrogen) atoms. The van der Waals surface area contributed by atoms with Crippen molar-refractivity contribution in [1.82, 2.24) is 0 Å². The van der Waals surface area contributed by atoms with Gasteiger partial charge in [-0.25, -0.2) is 0 Å². The fourth-order valence-corrected chi connectivity index (χ4v) is 5.19. The highest BCUT2D eigenvalue weighted by Crippen LogP contribution is 2.73. The summed E-state index contributed by atoms with van der Waals surface area (Å²) in [5, 5.41) is 0. The summed E-state index contributed by atoms with van der Waals surface area (Å²) < 4.78 is 0. The van der Waals surface area contributed by atoms with Gasteiger partial charge < -0.3 is 0 Å². The molecule has 0 aliphatic heterocycles. The molecule has 2 bridgehead atoms. The number of carbonyl (C=O) groups excluding carboxylic acids is 1. The number of rotatable bonds is 3. The lowest BCUT2D eigenvalue weighted by atomic mass is 9.51. The molecule has 2 fully saturated rings. The van der Waals surface area contributed by atoms with Crippen molar-refractivity contribution in [3.8, 4) is 12.3 Å². The van der Waals surface area contributed by atoms with E-state index in [0.717, 1.165) is 12.0 Å². The van der Waals surface area contributed by atoms with Gasteiger partial charge in [0, 0.05) is 17.4 Å². The van der Waals surface area contributed by atoms with Gasteiger partial charge in [0.1, 0.15) is 0 Å². The Balaban J connectivity index is 1.99. The molecule has 0 spiro atoms. The van der Waals surface area contributed by atoms with Crippen molar-refractivity contribution in [2.75, 3.05) is 0 Å². The molecule has 3 atom stereocenters. The van der Waals surface area contributed by atoms with Crippen molar-refractivity contribution in [3.63, 3.8) is 0 Å². The summed E-state index contributed by atoms with van der Waals surface area (Å²) in [6, 6.07) is 9.58. The van der Waals surface area contributed by atoms with Crippen molar-refractivity contribution in [2.45, 2.75) is 46.5 Å². The van der Waals surface area contributed by atoms with Gasteiger partial charge in [0.2, 0.25) is 0 Å². The van der Waals surface area contributed by atoms with E-state index in [1.807, 2.05) is 30.3 Å². The second-order valence-corrected chi connectivity index (χ2v) is 7.74. The van der Waals surface area contributed by atoms with Crippen LogP contribution in [0.3, 0.4) is 0 Å². The van der Waals surface area contributed by atoms with Gasteiger partial charge in [-0.05, 0) is 36.0 Å². The second kappa shape index (κ2) is 4.47. The molecule has 2 aliphatic rings. The van der Waals surface area contributed by atoms with Crippen molar-refractivity contribution in [1.29, 1.82) is 0 Å². The Hall–Kier alpha value is -1.55.